The van der Waals surface area contributed by atoms with E-state index in [1.807, 2.05) is 0 Å². The molecule has 14 heteroatoms. The van der Waals surface area contributed by atoms with Crippen LogP contribution >= 0.6 is 0 Å². The summed E-state index contributed by atoms with van der Waals surface area (Å²) < 4.78 is 1.09. The van der Waals surface area contributed by atoms with Crippen molar-refractivity contribution < 1.29 is 39.7 Å². The highest BCUT2D eigenvalue weighted by molar-refractivity contribution is 5.81. The number of nitrogens with two attached hydrogens (primary N) is 5. The molecule has 17 N–H and O–H groups in total. The molecule has 1 rings (SSSR count). The summed E-state index contributed by atoms with van der Waals surface area (Å²) in [6.07, 6.45) is 9.25. The van der Waals surface area contributed by atoms with Crippen molar-refractivity contribution in [1.82, 2.24) is 4.98 Å². The molecule has 0 aliphatic heterocycles. The van der Waals surface area contributed by atoms with E-state index in [0.717, 1.165) is 42.4 Å². The van der Waals surface area contributed by atoms with Crippen molar-refractivity contribution in [1.29, 1.82) is 0 Å². The van der Waals surface area contributed by atoms with E-state index in [0.29, 0.717) is 19.4 Å². The third-order valence-electron chi connectivity index (χ3n) is 5.33. The lowest BCUT2D eigenvalue weighted by Crippen LogP contribution is -2.78. The number of carbonyl (C=O) groups excluding carboxylic acids is 2. The number of imidazole rings is 1. The number of aromatic nitrogens is 2. The molecule has 1 aromatic rings. The highest BCUT2D eigenvalue weighted by Gasteiger charge is 2.14. The number of rotatable bonds is 15. The van der Waals surface area contributed by atoms with Crippen LogP contribution in [0.4, 0.5) is 0 Å². The summed E-state index contributed by atoms with van der Waals surface area (Å²) in [6, 6.07) is -1.43. The first-order valence-corrected chi connectivity index (χ1v) is 13.7. The van der Waals surface area contributed by atoms with Crippen LogP contribution in [0.3, 0.4) is 0 Å². The van der Waals surface area contributed by atoms with E-state index in [-0.39, 0.29) is 29.6 Å². The Hall–Kier alpha value is -2.91. The summed E-state index contributed by atoms with van der Waals surface area (Å²) in [7, 11) is 6.64. The third kappa shape index (κ3) is 31.3. The quantitative estimate of drug-likeness (QED) is 0.0428. The summed E-state index contributed by atoms with van der Waals surface area (Å²) in [5, 5.41) is 8.43. The smallest absolute Gasteiger partial charge is 0.338 e. The summed E-state index contributed by atoms with van der Waals surface area (Å²) in [5.74, 6) is -0.685. The van der Waals surface area contributed by atoms with Crippen LogP contribution in [0.5, 0.6) is 0 Å². The number of nitrogens with zero attached hydrogens (tertiary/aromatic N) is 1. The van der Waals surface area contributed by atoms with Crippen molar-refractivity contribution in [2.24, 2.45) is 28.7 Å². The van der Waals surface area contributed by atoms with Crippen LogP contribution in [-0.2, 0) is 20.8 Å². The highest BCUT2D eigenvalue weighted by Crippen LogP contribution is 1.97. The van der Waals surface area contributed by atoms with Gasteiger partial charge in [-0.25, -0.2) is 4.98 Å². The Labute approximate surface area is 239 Å². The molecule has 14 nitrogen and oxygen atoms in total. The van der Waals surface area contributed by atoms with Gasteiger partial charge in [0.15, 0.2) is 0 Å². The number of guanidine groups is 1. The predicted octanol–water partition coefficient (Wildman–Crippen LogP) is -3.76. The summed E-state index contributed by atoms with van der Waals surface area (Å²) in [5.41, 5.74) is 31.0. The van der Waals surface area contributed by atoms with Gasteiger partial charge in [-0.3, -0.25) is 35.8 Å². The number of ketones is 2. The van der Waals surface area contributed by atoms with E-state index in [2.05, 4.69) is 48.8 Å². The molecule has 0 unspecified atom stereocenters. The Balaban J connectivity index is -0.000000464. The molecule has 0 radical (unpaired) electrons. The minimum Gasteiger partial charge on any atom is -0.480 e. The lowest BCUT2D eigenvalue weighted by molar-refractivity contribution is -0.870. The molecule has 0 aliphatic rings. The molecule has 0 bridgehead atoms. The zero-order valence-corrected chi connectivity index (χ0v) is 25.7. The molecule has 40 heavy (non-hydrogen) atoms. The van der Waals surface area contributed by atoms with Crippen molar-refractivity contribution in [3.63, 3.8) is 0 Å². The van der Waals surface area contributed by atoms with Gasteiger partial charge in [-0.1, -0.05) is 6.92 Å². The van der Waals surface area contributed by atoms with Gasteiger partial charge in [-0.15, -0.1) is 0 Å². The van der Waals surface area contributed by atoms with E-state index in [1.54, 1.807) is 12.5 Å². The topological polar surface area (TPSA) is 273 Å². The molecule has 3 atom stereocenters. The normalized spacial score (nSPS) is 12.6. The molecule has 0 amide bonds. The van der Waals surface area contributed by atoms with Gasteiger partial charge in [0.1, 0.15) is 29.5 Å². The van der Waals surface area contributed by atoms with Crippen LogP contribution in [0.25, 0.3) is 0 Å². The minimum atomic E-state index is -0.986. The first-order valence-electron chi connectivity index (χ1n) is 13.7. The summed E-state index contributed by atoms with van der Waals surface area (Å²) in [6.45, 7) is 8.10. The van der Waals surface area contributed by atoms with Gasteiger partial charge in [0.2, 0.25) is 6.33 Å². The minimum absolute atomic E-state index is 0.0136. The second kappa shape index (κ2) is 25.1. The van der Waals surface area contributed by atoms with Crippen LogP contribution in [0.15, 0.2) is 12.5 Å². The maximum atomic E-state index is 10.7. The SMILES string of the molecule is CC(=O)[C@@H](N)CCCC[NH3+].CC(=O)[C@@H](N)CCC[NH+]=C(N)N.CCC[N+](C)(C)C.N[C@@H](Cc1c[nH+]c[nH]1)C(=O)O. The van der Waals surface area contributed by atoms with Crippen molar-refractivity contribution in [3.8, 4) is 0 Å². The van der Waals surface area contributed by atoms with Gasteiger partial charge in [0, 0.05) is 6.42 Å². The van der Waals surface area contributed by atoms with Crippen LogP contribution in [0, 0.1) is 0 Å². The molecule has 0 spiro atoms. The number of Topliss-reactive ketones (excluding diaryl/α,β-unsaturated/α-hetero) is 2. The maximum Gasteiger partial charge on any atom is 0.338 e. The number of H-pyrrole nitrogens is 2. The van der Waals surface area contributed by atoms with Crippen LogP contribution in [0.1, 0.15) is 65.0 Å². The fourth-order valence-electron chi connectivity index (χ4n) is 2.93. The van der Waals surface area contributed by atoms with Gasteiger partial charge >= 0.3 is 11.9 Å². The lowest BCUT2D eigenvalue weighted by atomic mass is 10.1. The average Bonchev–Trinajstić information content (AvgIpc) is 3.35. The third-order valence-corrected chi connectivity index (χ3v) is 5.33. The van der Waals surface area contributed by atoms with Crippen molar-refractivity contribution in [2.45, 2.75) is 83.8 Å². The number of carboxylic acids is 1. The van der Waals surface area contributed by atoms with Gasteiger partial charge in [-0.2, -0.15) is 0 Å². The molecule has 0 saturated carbocycles. The van der Waals surface area contributed by atoms with Gasteiger partial charge in [-0.05, 0) is 52.4 Å². The number of carbonyl (C=O) groups is 3. The first kappa shape index (κ1) is 41.6. The van der Waals surface area contributed by atoms with E-state index >= 15 is 0 Å². The fraction of sp³-hybridized carbons (Fsp3) is 0.731. The number of quaternary nitrogens is 2. The van der Waals surface area contributed by atoms with Crippen molar-refractivity contribution in [3.05, 3.63) is 18.2 Å². The zero-order chi connectivity index (χ0) is 31.7. The Morgan fingerprint density at radius 2 is 1.52 bits per heavy atom. The number of hydrogen-bond acceptors (Lipinski definition) is 6. The van der Waals surface area contributed by atoms with E-state index < -0.39 is 12.0 Å². The highest BCUT2D eigenvalue weighted by atomic mass is 16.4. The van der Waals surface area contributed by atoms with Crippen LogP contribution < -0.4 is 44.4 Å². The average molecular weight is 577 g/mol. The lowest BCUT2D eigenvalue weighted by Gasteiger charge is -2.22. The number of nitrogens with one attached hydrogen (secondary N) is 3. The van der Waals surface area contributed by atoms with Gasteiger partial charge in [0.05, 0.1) is 52.9 Å². The Morgan fingerprint density at radius 3 is 1.85 bits per heavy atom. The Morgan fingerprint density at radius 1 is 1.00 bits per heavy atom. The Kier molecular flexibility index (Phi) is 26.1. The first-order chi connectivity index (χ1) is 18.5. The van der Waals surface area contributed by atoms with Crippen molar-refractivity contribution in [2.75, 3.05) is 40.8 Å². The number of unbranched alkanes of at least 4 members (excludes halogenated alkanes) is 1. The molecular formula is C26H60N10O4+4. The van der Waals surface area contributed by atoms with E-state index in [1.165, 1.54) is 26.8 Å². The largest absolute Gasteiger partial charge is 0.480 e. The zero-order valence-electron chi connectivity index (χ0n) is 25.7. The number of carboxylic acid groups (broad SMARTS) is 1. The van der Waals surface area contributed by atoms with Crippen LogP contribution in [0.2, 0.25) is 0 Å². The van der Waals surface area contributed by atoms with E-state index in [4.69, 9.17) is 33.8 Å². The maximum absolute atomic E-state index is 10.7. The monoisotopic (exact) mass is 576 g/mol. The second-order valence-corrected chi connectivity index (χ2v) is 10.6. The second-order valence-electron chi connectivity index (χ2n) is 10.6. The van der Waals surface area contributed by atoms with Gasteiger partial charge < -0.3 is 32.5 Å². The number of aliphatic carboxylic acids is 1. The molecular weight excluding hydrogens is 516 g/mol. The standard InChI is InChI=1S/C7H16N4O.C7H16N2O.C6H9N3O2.C6H16N/c1-5(12)6(8)3-2-4-11-7(9)10;1-6(10)7(9)4-2-3-5-8;7-5(6(10)11)1-4-2-8-3-9-4;1-5-6-7(2,3)4/h6H,2-4,8H2,1H3,(H4,9,10,11);7H,2-5,8-9H2,1H3;2-3,5H,1,7H2,(H,8,9)(H,10,11);5-6H2,1-4H3/q;;;+1/p+3/t6-;7-;5-;/m000./s1. The number of aromatic amines is 2. The molecule has 1 heterocycles. The van der Waals surface area contributed by atoms with Crippen molar-refractivity contribution >= 4 is 23.5 Å². The molecule has 234 valence electrons. The predicted molar refractivity (Wildman–Crippen MR) is 157 cm³/mol. The molecule has 1 aromatic heterocycles. The fourth-order valence-corrected chi connectivity index (χ4v) is 2.93. The summed E-state index contributed by atoms with van der Waals surface area (Å²) in [4.78, 5) is 39.9. The number of hydrogen-bond donors (Lipinski definition) is 9. The van der Waals surface area contributed by atoms with Crippen LogP contribution in [-0.4, -0.2) is 97.0 Å². The molecule has 0 aliphatic carbocycles. The summed E-state index contributed by atoms with van der Waals surface area (Å²) >= 11 is 0. The molecule has 0 saturated heterocycles. The molecule has 0 fully saturated rings. The van der Waals surface area contributed by atoms with E-state index in [9.17, 15) is 14.4 Å². The Bertz CT molecular complexity index is 807. The van der Waals surface area contributed by atoms with Gasteiger partial charge in [0.25, 0.3) is 0 Å². The molecule has 0 aromatic carbocycles.